The number of rotatable bonds is 4. The predicted molar refractivity (Wildman–Crippen MR) is 97.6 cm³/mol. The van der Waals surface area contributed by atoms with Gasteiger partial charge in [0.25, 0.3) is 0 Å². The van der Waals surface area contributed by atoms with E-state index in [1.165, 1.54) is 0 Å². The molecule has 25 heavy (non-hydrogen) atoms. The van der Waals surface area contributed by atoms with Crippen molar-refractivity contribution in [3.63, 3.8) is 0 Å². The van der Waals surface area contributed by atoms with E-state index in [-0.39, 0.29) is 23.2 Å². The van der Waals surface area contributed by atoms with Gasteiger partial charge in [-0.1, -0.05) is 13.8 Å². The Morgan fingerprint density at radius 3 is 2.36 bits per heavy atom. The topological polar surface area (TPSA) is 79.0 Å². The molecule has 0 spiro atoms. The summed E-state index contributed by atoms with van der Waals surface area (Å²) < 4.78 is 5.73. The van der Waals surface area contributed by atoms with Gasteiger partial charge >= 0.3 is 0 Å². The molecule has 3 rings (SSSR count). The summed E-state index contributed by atoms with van der Waals surface area (Å²) in [6.07, 6.45) is 0.634. The third-order valence-electron chi connectivity index (χ3n) is 5.99. The van der Waals surface area contributed by atoms with Crippen LogP contribution >= 0.6 is 0 Å². The lowest BCUT2D eigenvalue weighted by molar-refractivity contribution is -0.179. The number of piperazine rings is 1. The fourth-order valence-corrected chi connectivity index (χ4v) is 3.91. The van der Waals surface area contributed by atoms with Crippen LogP contribution in [0, 0.1) is 5.41 Å². The Bertz CT molecular complexity index is 623. The molecule has 2 unspecified atom stereocenters. The van der Waals surface area contributed by atoms with Crippen molar-refractivity contribution < 1.29 is 14.6 Å². The molecule has 6 heteroatoms. The van der Waals surface area contributed by atoms with E-state index in [9.17, 15) is 9.90 Å². The van der Waals surface area contributed by atoms with Crippen molar-refractivity contribution in [2.45, 2.75) is 38.8 Å². The highest BCUT2D eigenvalue weighted by Crippen LogP contribution is 2.50. The lowest BCUT2D eigenvalue weighted by Gasteiger charge is -2.59. The fraction of sp³-hybridized carbons (Fsp3) is 0.632. The van der Waals surface area contributed by atoms with Gasteiger partial charge in [-0.05, 0) is 31.2 Å². The number of nitrogens with zero attached hydrogens (tertiary/aromatic N) is 2. The lowest BCUT2D eigenvalue weighted by Crippen LogP contribution is -2.76. The number of amides is 1. The van der Waals surface area contributed by atoms with Crippen LogP contribution in [0.2, 0.25) is 0 Å². The Morgan fingerprint density at radius 2 is 1.84 bits per heavy atom. The molecule has 2 fully saturated rings. The maximum absolute atomic E-state index is 13.0. The highest BCUT2D eigenvalue weighted by molar-refractivity contribution is 5.89. The number of carbonyl (C=O) groups excluding carboxylic acids is 1. The first-order chi connectivity index (χ1) is 11.8. The number of phenols is 1. The molecule has 6 nitrogen and oxygen atoms in total. The summed E-state index contributed by atoms with van der Waals surface area (Å²) in [6, 6.07) is 7.18. The second-order valence-electron chi connectivity index (χ2n) is 7.64. The van der Waals surface area contributed by atoms with Crippen molar-refractivity contribution in [3.8, 4) is 5.75 Å². The molecule has 1 aromatic rings. The third-order valence-corrected chi connectivity index (χ3v) is 5.99. The number of phenolic OH excluding ortho intramolecular Hbond substituents is 1. The minimum atomic E-state index is -0.840. The van der Waals surface area contributed by atoms with E-state index in [1.54, 1.807) is 12.1 Å². The van der Waals surface area contributed by atoms with Gasteiger partial charge in [0.15, 0.2) is 0 Å². The number of anilines is 1. The summed E-state index contributed by atoms with van der Waals surface area (Å²) in [5.41, 5.74) is 6.40. The number of nitrogens with two attached hydrogens (primary N) is 1. The molecule has 0 aromatic heterocycles. The van der Waals surface area contributed by atoms with Crippen molar-refractivity contribution in [1.29, 1.82) is 0 Å². The molecule has 1 aliphatic carbocycles. The van der Waals surface area contributed by atoms with E-state index in [1.807, 2.05) is 37.8 Å². The van der Waals surface area contributed by atoms with Crippen LogP contribution in [0.15, 0.2) is 24.3 Å². The van der Waals surface area contributed by atoms with Gasteiger partial charge in [0.05, 0.1) is 6.10 Å². The number of hydrogen-bond donors (Lipinski definition) is 2. The molecule has 138 valence electrons. The predicted octanol–water partition coefficient (Wildman–Crippen LogP) is 1.57. The smallest absolute Gasteiger partial charge is 0.243 e. The van der Waals surface area contributed by atoms with E-state index in [0.717, 1.165) is 18.8 Å². The molecule has 1 aliphatic heterocycles. The van der Waals surface area contributed by atoms with Gasteiger partial charge in [0.1, 0.15) is 11.3 Å². The van der Waals surface area contributed by atoms with Gasteiger partial charge in [-0.3, -0.25) is 4.79 Å². The van der Waals surface area contributed by atoms with Gasteiger partial charge in [-0.25, -0.2) is 0 Å². The monoisotopic (exact) mass is 347 g/mol. The van der Waals surface area contributed by atoms with E-state index in [2.05, 4.69) is 4.90 Å². The average molecular weight is 347 g/mol. The van der Waals surface area contributed by atoms with Crippen LogP contribution in [0.25, 0.3) is 0 Å². The van der Waals surface area contributed by atoms with Crippen molar-refractivity contribution in [2.24, 2.45) is 11.1 Å². The van der Waals surface area contributed by atoms with E-state index in [4.69, 9.17) is 10.5 Å². The molecule has 2 atom stereocenters. The molecular weight excluding hydrogens is 318 g/mol. The first kappa shape index (κ1) is 18.0. The minimum absolute atomic E-state index is 0.0406. The highest BCUT2D eigenvalue weighted by Gasteiger charge is 2.63. The molecule has 1 aromatic carbocycles. The summed E-state index contributed by atoms with van der Waals surface area (Å²) in [5.74, 6) is 0.303. The molecule has 1 saturated carbocycles. The van der Waals surface area contributed by atoms with Crippen molar-refractivity contribution in [1.82, 2.24) is 4.90 Å². The zero-order valence-electron chi connectivity index (χ0n) is 15.4. The van der Waals surface area contributed by atoms with Crippen LogP contribution in [0.1, 0.15) is 27.2 Å². The molecule has 1 amide bonds. The zero-order chi connectivity index (χ0) is 18.2. The maximum Gasteiger partial charge on any atom is 0.243 e. The van der Waals surface area contributed by atoms with Crippen molar-refractivity contribution in [3.05, 3.63) is 24.3 Å². The average Bonchev–Trinajstić information content (AvgIpc) is 2.61. The second-order valence-corrected chi connectivity index (χ2v) is 7.64. The van der Waals surface area contributed by atoms with E-state index < -0.39 is 5.54 Å². The molecule has 1 saturated heterocycles. The van der Waals surface area contributed by atoms with Crippen LogP contribution in [0.5, 0.6) is 5.75 Å². The van der Waals surface area contributed by atoms with E-state index in [0.29, 0.717) is 26.1 Å². The lowest BCUT2D eigenvalue weighted by atomic mass is 9.54. The zero-order valence-corrected chi connectivity index (χ0v) is 15.4. The van der Waals surface area contributed by atoms with Crippen LogP contribution in [0.3, 0.4) is 0 Å². The number of aromatic hydroxyl groups is 1. The molecule has 1 heterocycles. The van der Waals surface area contributed by atoms with Crippen LogP contribution in [0.4, 0.5) is 5.69 Å². The maximum atomic E-state index is 13.0. The van der Waals surface area contributed by atoms with Crippen molar-refractivity contribution >= 4 is 11.6 Å². The van der Waals surface area contributed by atoms with E-state index >= 15 is 0 Å². The Morgan fingerprint density at radius 1 is 1.24 bits per heavy atom. The first-order valence-corrected chi connectivity index (χ1v) is 9.03. The largest absolute Gasteiger partial charge is 0.508 e. The number of carbonyl (C=O) groups is 1. The highest BCUT2D eigenvalue weighted by atomic mass is 16.5. The standard InChI is InChI=1S/C19H29N3O3/c1-4-25-16-13-19(20,18(16,2)3)17(24)22-11-9-21(10-12-22)14-5-7-15(23)8-6-14/h5-8,16,23H,4,9-13,20H2,1-3H3. The normalized spacial score (nSPS) is 28.6. The van der Waals surface area contributed by atoms with Gasteiger partial charge in [-0.2, -0.15) is 0 Å². The summed E-state index contributed by atoms with van der Waals surface area (Å²) >= 11 is 0. The number of ether oxygens (including phenoxy) is 1. The molecule has 0 radical (unpaired) electrons. The Balaban J connectivity index is 1.61. The summed E-state index contributed by atoms with van der Waals surface area (Å²) in [4.78, 5) is 17.2. The first-order valence-electron chi connectivity index (χ1n) is 9.03. The number of hydrogen-bond acceptors (Lipinski definition) is 5. The van der Waals surface area contributed by atoms with Crippen LogP contribution in [-0.2, 0) is 9.53 Å². The summed E-state index contributed by atoms with van der Waals surface area (Å²) in [7, 11) is 0. The van der Waals surface area contributed by atoms with Crippen molar-refractivity contribution in [2.75, 3.05) is 37.7 Å². The van der Waals surface area contributed by atoms with Crippen LogP contribution in [-0.4, -0.2) is 60.3 Å². The fourth-order valence-electron chi connectivity index (χ4n) is 3.91. The SMILES string of the molecule is CCOC1CC(N)(C(=O)N2CCN(c3ccc(O)cc3)CC2)C1(C)C. The van der Waals surface area contributed by atoms with Gasteiger partial charge < -0.3 is 25.4 Å². The molecular formula is C19H29N3O3. The summed E-state index contributed by atoms with van der Waals surface area (Å²) in [6.45, 7) is 9.52. The summed E-state index contributed by atoms with van der Waals surface area (Å²) in [5, 5.41) is 9.41. The van der Waals surface area contributed by atoms with Crippen LogP contribution < -0.4 is 10.6 Å². The Labute approximate surface area is 149 Å². The quantitative estimate of drug-likeness (QED) is 0.864. The van der Waals surface area contributed by atoms with Gasteiger partial charge in [0, 0.05) is 50.3 Å². The molecule has 0 bridgehead atoms. The molecule has 2 aliphatic rings. The second kappa shape index (κ2) is 6.50. The van der Waals surface area contributed by atoms with Gasteiger partial charge in [0.2, 0.25) is 5.91 Å². The molecule has 3 N–H and O–H groups in total. The Hall–Kier alpha value is -1.79. The third kappa shape index (κ3) is 2.98. The number of benzene rings is 1. The minimum Gasteiger partial charge on any atom is -0.508 e. The van der Waals surface area contributed by atoms with Gasteiger partial charge in [-0.15, -0.1) is 0 Å². The Kier molecular flexibility index (Phi) is 4.68.